The number of hydrogen-bond acceptors (Lipinski definition) is 6. The van der Waals surface area contributed by atoms with Gasteiger partial charge in [0, 0.05) is 18.4 Å². The highest BCUT2D eigenvalue weighted by atomic mass is 16.5. The van der Waals surface area contributed by atoms with E-state index in [1.807, 2.05) is 18.2 Å². The molecule has 6 heteroatoms. The monoisotopic (exact) mass is 362 g/mol. The molecule has 0 unspecified atom stereocenters. The second kappa shape index (κ2) is 8.80. The molecule has 3 rings (SSSR count). The van der Waals surface area contributed by atoms with Crippen LogP contribution in [0.25, 0.3) is 0 Å². The predicted octanol–water partition coefficient (Wildman–Crippen LogP) is 4.32. The van der Waals surface area contributed by atoms with Crippen molar-refractivity contribution in [1.82, 2.24) is 9.97 Å². The lowest BCUT2D eigenvalue weighted by Crippen LogP contribution is -2.06. The number of ether oxygens (including phenoxy) is 1. The van der Waals surface area contributed by atoms with Crippen molar-refractivity contribution in [2.24, 2.45) is 0 Å². The van der Waals surface area contributed by atoms with E-state index in [1.165, 1.54) is 11.1 Å². The van der Waals surface area contributed by atoms with E-state index < -0.39 is 0 Å². The summed E-state index contributed by atoms with van der Waals surface area (Å²) in [5, 5.41) is 6.44. The topological polar surface area (TPSA) is 76.1 Å². The molecule has 27 heavy (non-hydrogen) atoms. The Morgan fingerprint density at radius 3 is 2.67 bits per heavy atom. The third kappa shape index (κ3) is 5.28. The molecule has 1 heterocycles. The van der Waals surface area contributed by atoms with Crippen molar-refractivity contribution in [2.75, 3.05) is 17.2 Å². The van der Waals surface area contributed by atoms with Crippen molar-refractivity contribution < 1.29 is 9.53 Å². The molecular weight excluding hydrogens is 340 g/mol. The van der Waals surface area contributed by atoms with E-state index >= 15 is 0 Å². The van der Waals surface area contributed by atoms with Crippen molar-refractivity contribution in [3.63, 3.8) is 0 Å². The Bertz CT molecular complexity index is 910. The number of nitrogens with one attached hydrogen (secondary N) is 2. The number of anilines is 3. The first-order valence-electron chi connectivity index (χ1n) is 8.80. The summed E-state index contributed by atoms with van der Waals surface area (Å²) in [4.78, 5) is 20.4. The molecule has 0 spiro atoms. The minimum Gasteiger partial charge on any atom is -0.462 e. The molecule has 0 aliphatic carbocycles. The Morgan fingerprint density at radius 2 is 1.93 bits per heavy atom. The van der Waals surface area contributed by atoms with Gasteiger partial charge in [0.1, 0.15) is 5.82 Å². The number of carbonyl (C=O) groups is 1. The van der Waals surface area contributed by atoms with Crippen LogP contribution in [0.5, 0.6) is 0 Å². The highest BCUT2D eigenvalue weighted by Crippen LogP contribution is 2.17. The van der Waals surface area contributed by atoms with Crippen molar-refractivity contribution >= 4 is 23.4 Å². The molecule has 138 valence electrons. The van der Waals surface area contributed by atoms with Gasteiger partial charge in [-0.05, 0) is 49.7 Å². The summed E-state index contributed by atoms with van der Waals surface area (Å²) in [6.45, 7) is 4.86. The van der Waals surface area contributed by atoms with Crippen molar-refractivity contribution in [3.05, 3.63) is 77.5 Å². The summed E-state index contributed by atoms with van der Waals surface area (Å²) in [7, 11) is 0. The van der Waals surface area contributed by atoms with Gasteiger partial charge < -0.3 is 15.4 Å². The summed E-state index contributed by atoms with van der Waals surface area (Å²) in [5.74, 6) is 0.888. The van der Waals surface area contributed by atoms with Crippen molar-refractivity contribution in [3.8, 4) is 0 Å². The number of rotatable bonds is 7. The Balaban J connectivity index is 1.62. The van der Waals surface area contributed by atoms with Gasteiger partial charge in [-0.25, -0.2) is 9.78 Å². The van der Waals surface area contributed by atoms with Crippen LogP contribution in [0.3, 0.4) is 0 Å². The average molecular weight is 362 g/mol. The summed E-state index contributed by atoms with van der Waals surface area (Å²) in [5.41, 5.74) is 3.74. The van der Waals surface area contributed by atoms with Crippen molar-refractivity contribution in [2.45, 2.75) is 20.4 Å². The summed E-state index contributed by atoms with van der Waals surface area (Å²) >= 11 is 0. The van der Waals surface area contributed by atoms with Crippen LogP contribution in [0.15, 0.2) is 60.8 Å². The first-order valence-corrected chi connectivity index (χ1v) is 8.80. The molecule has 0 bridgehead atoms. The van der Waals surface area contributed by atoms with Crippen LogP contribution in [-0.4, -0.2) is 22.5 Å². The maximum Gasteiger partial charge on any atom is 0.338 e. The molecule has 0 aliphatic rings. The fourth-order valence-electron chi connectivity index (χ4n) is 2.57. The lowest BCUT2D eigenvalue weighted by Gasteiger charge is -2.09. The van der Waals surface area contributed by atoms with Crippen molar-refractivity contribution in [1.29, 1.82) is 0 Å². The van der Waals surface area contributed by atoms with Crippen LogP contribution in [0, 0.1) is 6.92 Å². The molecule has 0 amide bonds. The van der Waals surface area contributed by atoms with Gasteiger partial charge in [-0.15, -0.1) is 0 Å². The molecule has 6 nitrogen and oxygen atoms in total. The predicted molar refractivity (Wildman–Crippen MR) is 106 cm³/mol. The summed E-state index contributed by atoms with van der Waals surface area (Å²) < 4.78 is 4.98. The van der Waals surface area contributed by atoms with Gasteiger partial charge in [0.2, 0.25) is 5.95 Å². The van der Waals surface area contributed by atoms with Crippen LogP contribution in [0.1, 0.15) is 28.4 Å². The zero-order valence-corrected chi connectivity index (χ0v) is 15.4. The quantitative estimate of drug-likeness (QED) is 0.610. The van der Waals surface area contributed by atoms with Gasteiger partial charge >= 0.3 is 5.97 Å². The second-order valence-electron chi connectivity index (χ2n) is 6.03. The highest BCUT2D eigenvalue weighted by molar-refractivity contribution is 5.89. The fraction of sp³-hybridized carbons (Fsp3) is 0.190. The molecule has 0 atom stereocenters. The summed E-state index contributed by atoms with van der Waals surface area (Å²) in [6, 6.07) is 17.1. The zero-order chi connectivity index (χ0) is 19.1. The van der Waals surface area contributed by atoms with Crippen LogP contribution < -0.4 is 10.6 Å². The third-order valence-electron chi connectivity index (χ3n) is 3.86. The smallest absolute Gasteiger partial charge is 0.338 e. The van der Waals surface area contributed by atoms with E-state index in [2.05, 4.69) is 45.7 Å². The number of hydrogen-bond donors (Lipinski definition) is 2. The molecule has 0 saturated carbocycles. The van der Waals surface area contributed by atoms with E-state index in [1.54, 1.807) is 31.3 Å². The Morgan fingerprint density at radius 1 is 1.11 bits per heavy atom. The van der Waals surface area contributed by atoms with Gasteiger partial charge in [-0.3, -0.25) is 0 Å². The number of aryl methyl sites for hydroxylation is 1. The Labute approximate surface area is 158 Å². The number of benzene rings is 2. The third-order valence-corrected chi connectivity index (χ3v) is 3.86. The number of aromatic nitrogens is 2. The standard InChI is InChI=1S/C21H22N4O2/c1-3-27-20(26)17-7-9-18(10-8-17)24-19-11-12-22-21(25-19)23-14-16-6-4-5-15(2)13-16/h4-13H,3,14H2,1-2H3,(H2,22,23,24,25). The van der Waals surface area contributed by atoms with Crippen LogP contribution in [0.2, 0.25) is 0 Å². The molecule has 0 radical (unpaired) electrons. The van der Waals surface area contributed by atoms with E-state index in [-0.39, 0.29) is 5.97 Å². The molecular formula is C21H22N4O2. The normalized spacial score (nSPS) is 10.3. The van der Waals surface area contributed by atoms with Crippen LogP contribution >= 0.6 is 0 Å². The van der Waals surface area contributed by atoms with E-state index in [0.29, 0.717) is 30.5 Å². The molecule has 3 aromatic rings. The molecule has 1 aromatic heterocycles. The van der Waals surface area contributed by atoms with Crippen LogP contribution in [0.4, 0.5) is 17.5 Å². The highest BCUT2D eigenvalue weighted by Gasteiger charge is 2.06. The van der Waals surface area contributed by atoms with E-state index in [4.69, 9.17) is 4.74 Å². The molecule has 0 saturated heterocycles. The lowest BCUT2D eigenvalue weighted by molar-refractivity contribution is 0.0526. The maximum absolute atomic E-state index is 11.7. The lowest BCUT2D eigenvalue weighted by atomic mass is 10.1. The molecule has 2 N–H and O–H groups in total. The van der Waals surface area contributed by atoms with E-state index in [9.17, 15) is 4.79 Å². The van der Waals surface area contributed by atoms with Gasteiger partial charge in [-0.1, -0.05) is 29.8 Å². The number of carbonyl (C=O) groups excluding carboxylic acids is 1. The zero-order valence-electron chi connectivity index (χ0n) is 15.4. The number of nitrogens with zero attached hydrogens (tertiary/aromatic N) is 2. The Kier molecular flexibility index (Phi) is 5.99. The van der Waals surface area contributed by atoms with Gasteiger partial charge in [-0.2, -0.15) is 4.98 Å². The van der Waals surface area contributed by atoms with Gasteiger partial charge in [0.25, 0.3) is 0 Å². The average Bonchev–Trinajstić information content (AvgIpc) is 2.68. The minimum atomic E-state index is -0.325. The minimum absolute atomic E-state index is 0.325. The van der Waals surface area contributed by atoms with Gasteiger partial charge in [0.15, 0.2) is 0 Å². The largest absolute Gasteiger partial charge is 0.462 e. The first-order chi connectivity index (χ1) is 13.1. The molecule has 0 aliphatic heterocycles. The molecule has 0 fully saturated rings. The second-order valence-corrected chi connectivity index (χ2v) is 6.03. The van der Waals surface area contributed by atoms with E-state index in [0.717, 1.165) is 5.69 Å². The summed E-state index contributed by atoms with van der Waals surface area (Å²) in [6.07, 6.45) is 1.70. The SMILES string of the molecule is CCOC(=O)c1ccc(Nc2ccnc(NCc3cccc(C)c3)n2)cc1. The fourth-order valence-corrected chi connectivity index (χ4v) is 2.57. The van der Waals surface area contributed by atoms with Crippen LogP contribution in [-0.2, 0) is 11.3 Å². The number of esters is 1. The maximum atomic E-state index is 11.7. The molecule has 2 aromatic carbocycles. The Hall–Kier alpha value is -3.41. The first kappa shape index (κ1) is 18.4. The van der Waals surface area contributed by atoms with Gasteiger partial charge in [0.05, 0.1) is 12.2 Å².